The highest BCUT2D eigenvalue weighted by atomic mass is 35.5. The van der Waals surface area contributed by atoms with Gasteiger partial charge in [-0.2, -0.15) is 0 Å². The lowest BCUT2D eigenvalue weighted by atomic mass is 10.0. The smallest absolute Gasteiger partial charge is 0.227 e. The molecule has 0 radical (unpaired) electrons. The van der Waals surface area contributed by atoms with E-state index in [1.54, 1.807) is 12.4 Å². The van der Waals surface area contributed by atoms with Crippen molar-refractivity contribution in [3.63, 3.8) is 0 Å². The maximum absolute atomic E-state index is 6.52. The van der Waals surface area contributed by atoms with Gasteiger partial charge in [0.25, 0.3) is 0 Å². The number of halogens is 1. The largest absolute Gasteiger partial charge is 0.364 e. The zero-order valence-electron chi connectivity index (χ0n) is 14.9. The summed E-state index contributed by atoms with van der Waals surface area (Å²) < 4.78 is 1.85. The lowest BCUT2D eigenvalue weighted by Crippen LogP contribution is -2.60. The zero-order valence-corrected chi connectivity index (χ0v) is 15.7. The average molecular weight is 380 g/mol. The van der Waals surface area contributed by atoms with Crippen molar-refractivity contribution in [2.24, 2.45) is 0 Å². The van der Waals surface area contributed by atoms with Crippen molar-refractivity contribution in [3.8, 4) is 0 Å². The van der Waals surface area contributed by atoms with Crippen LogP contribution in [-0.2, 0) is 6.42 Å². The Morgan fingerprint density at radius 1 is 0.889 bits per heavy atom. The summed E-state index contributed by atoms with van der Waals surface area (Å²) in [7, 11) is 0. The number of nitrogens with zero attached hydrogens (tertiary/aromatic N) is 4. The van der Waals surface area contributed by atoms with Gasteiger partial charge in [0.15, 0.2) is 0 Å². The number of hydrogen-bond acceptors (Lipinski definition) is 5. The van der Waals surface area contributed by atoms with E-state index in [1.807, 2.05) is 34.8 Å². The average Bonchev–Trinajstić information content (AvgIpc) is 2.70. The standard InChI is InChI=1S/C21H22ClN5/c22-26-15-19(14-17-8-3-1-4-9-17)27(21-23-12-7-13-24-21)20(16-26)25-18-10-5-2-6-11-18/h1-13,19-20,25H,14-16H2. The van der Waals surface area contributed by atoms with E-state index >= 15 is 0 Å². The summed E-state index contributed by atoms with van der Waals surface area (Å²) in [6.45, 7) is 1.40. The number of aromatic nitrogens is 2. The minimum atomic E-state index is -0.0326. The summed E-state index contributed by atoms with van der Waals surface area (Å²) in [6.07, 6.45) is 4.41. The maximum Gasteiger partial charge on any atom is 0.227 e. The molecule has 2 unspecified atom stereocenters. The number of benzene rings is 2. The molecule has 5 nitrogen and oxygen atoms in total. The van der Waals surface area contributed by atoms with Crippen LogP contribution in [0.5, 0.6) is 0 Å². The number of hydrogen-bond donors (Lipinski definition) is 1. The van der Waals surface area contributed by atoms with Crippen LogP contribution in [0.1, 0.15) is 5.56 Å². The van der Waals surface area contributed by atoms with Crippen LogP contribution in [0.25, 0.3) is 0 Å². The minimum Gasteiger partial charge on any atom is -0.364 e. The maximum atomic E-state index is 6.52. The van der Waals surface area contributed by atoms with E-state index in [4.69, 9.17) is 11.8 Å². The van der Waals surface area contributed by atoms with E-state index < -0.39 is 0 Å². The van der Waals surface area contributed by atoms with Crippen LogP contribution in [0.2, 0.25) is 0 Å². The van der Waals surface area contributed by atoms with Gasteiger partial charge in [0.2, 0.25) is 5.95 Å². The molecule has 0 saturated carbocycles. The van der Waals surface area contributed by atoms with Crippen LogP contribution >= 0.6 is 11.8 Å². The fraction of sp³-hybridized carbons (Fsp3) is 0.238. The first-order valence-corrected chi connectivity index (χ1v) is 9.45. The van der Waals surface area contributed by atoms with E-state index in [9.17, 15) is 0 Å². The lowest BCUT2D eigenvalue weighted by Gasteiger charge is -2.45. The molecule has 1 aliphatic heterocycles. The third-order valence-electron chi connectivity index (χ3n) is 4.71. The molecule has 1 saturated heterocycles. The van der Waals surface area contributed by atoms with Gasteiger partial charge in [-0.3, -0.25) is 0 Å². The molecule has 0 amide bonds. The molecule has 3 aromatic rings. The summed E-state index contributed by atoms with van der Waals surface area (Å²) in [4.78, 5) is 11.3. The van der Waals surface area contributed by atoms with Crippen molar-refractivity contribution < 1.29 is 0 Å². The second kappa shape index (κ2) is 8.37. The zero-order chi connectivity index (χ0) is 18.5. The molecule has 0 spiro atoms. The Balaban J connectivity index is 1.65. The number of piperazine rings is 1. The van der Waals surface area contributed by atoms with Gasteiger partial charge in [-0.05, 0) is 42.0 Å². The summed E-state index contributed by atoms with van der Waals surface area (Å²) in [6, 6.07) is 22.6. The SMILES string of the molecule is ClN1CC(Cc2ccccc2)N(c2ncccn2)C(Nc2ccccc2)C1. The predicted molar refractivity (Wildman–Crippen MR) is 110 cm³/mol. The molecule has 1 N–H and O–H groups in total. The molecule has 0 bridgehead atoms. The Labute approximate surface area is 164 Å². The third kappa shape index (κ3) is 4.38. The number of rotatable bonds is 5. The minimum absolute atomic E-state index is 0.0326. The van der Waals surface area contributed by atoms with Crippen LogP contribution in [0.15, 0.2) is 79.1 Å². The van der Waals surface area contributed by atoms with Crippen LogP contribution in [0.4, 0.5) is 11.6 Å². The first-order valence-electron chi connectivity index (χ1n) is 9.11. The second-order valence-electron chi connectivity index (χ2n) is 6.65. The van der Waals surface area contributed by atoms with Crippen molar-refractivity contribution in [1.82, 2.24) is 14.4 Å². The van der Waals surface area contributed by atoms with Gasteiger partial charge in [0.1, 0.15) is 6.17 Å². The van der Waals surface area contributed by atoms with Crippen molar-refractivity contribution in [3.05, 3.63) is 84.7 Å². The molecular formula is C21H22ClN5. The Bertz CT molecular complexity index is 779. The van der Waals surface area contributed by atoms with Gasteiger partial charge in [-0.25, -0.2) is 14.4 Å². The normalized spacial score (nSPS) is 20.4. The van der Waals surface area contributed by atoms with Gasteiger partial charge in [0, 0.05) is 24.6 Å². The molecule has 4 rings (SSSR count). The van der Waals surface area contributed by atoms with Crippen LogP contribution in [-0.4, -0.2) is 39.7 Å². The van der Waals surface area contributed by atoms with Crippen molar-refractivity contribution in [1.29, 1.82) is 0 Å². The summed E-state index contributed by atoms with van der Waals surface area (Å²) >= 11 is 6.52. The Kier molecular flexibility index (Phi) is 5.51. The van der Waals surface area contributed by atoms with E-state index in [0.29, 0.717) is 6.54 Å². The molecule has 0 aliphatic carbocycles. The molecule has 27 heavy (non-hydrogen) atoms. The van der Waals surface area contributed by atoms with E-state index in [-0.39, 0.29) is 12.2 Å². The van der Waals surface area contributed by atoms with Gasteiger partial charge in [-0.15, -0.1) is 0 Å². The van der Waals surface area contributed by atoms with E-state index in [0.717, 1.165) is 24.6 Å². The molecule has 1 aromatic heterocycles. The Hall–Kier alpha value is -2.63. The van der Waals surface area contributed by atoms with Gasteiger partial charge in [-0.1, -0.05) is 48.5 Å². The van der Waals surface area contributed by atoms with Crippen molar-refractivity contribution >= 4 is 23.4 Å². The highest BCUT2D eigenvalue weighted by Gasteiger charge is 2.35. The number of para-hydroxylation sites is 1. The monoisotopic (exact) mass is 379 g/mol. The molecule has 2 heterocycles. The topological polar surface area (TPSA) is 44.3 Å². The molecule has 2 aromatic carbocycles. The molecule has 6 heteroatoms. The highest BCUT2D eigenvalue weighted by Crippen LogP contribution is 2.26. The van der Waals surface area contributed by atoms with E-state index in [1.165, 1.54) is 5.56 Å². The van der Waals surface area contributed by atoms with Crippen LogP contribution < -0.4 is 10.2 Å². The summed E-state index contributed by atoms with van der Waals surface area (Å²) in [5, 5.41) is 3.60. The fourth-order valence-electron chi connectivity index (χ4n) is 3.54. The highest BCUT2D eigenvalue weighted by molar-refractivity contribution is 6.13. The summed E-state index contributed by atoms with van der Waals surface area (Å²) in [5.74, 6) is 0.719. The lowest BCUT2D eigenvalue weighted by molar-refractivity contribution is 0.303. The van der Waals surface area contributed by atoms with Crippen molar-refractivity contribution in [2.75, 3.05) is 23.3 Å². The second-order valence-corrected chi connectivity index (χ2v) is 7.13. The number of anilines is 2. The molecular weight excluding hydrogens is 358 g/mol. The number of nitrogens with one attached hydrogen (secondary N) is 1. The fourth-order valence-corrected chi connectivity index (χ4v) is 3.83. The quantitative estimate of drug-likeness (QED) is 0.683. The molecule has 1 fully saturated rings. The molecule has 2 atom stereocenters. The third-order valence-corrected chi connectivity index (χ3v) is 4.99. The van der Waals surface area contributed by atoms with Crippen molar-refractivity contribution in [2.45, 2.75) is 18.6 Å². The Morgan fingerprint density at radius 3 is 2.26 bits per heavy atom. The van der Waals surface area contributed by atoms with Crippen LogP contribution in [0, 0.1) is 0 Å². The first-order chi connectivity index (χ1) is 13.3. The molecule has 138 valence electrons. The summed E-state index contributed by atoms with van der Waals surface area (Å²) in [5.41, 5.74) is 2.32. The van der Waals surface area contributed by atoms with E-state index in [2.05, 4.69) is 56.6 Å². The van der Waals surface area contributed by atoms with Gasteiger partial charge < -0.3 is 10.2 Å². The van der Waals surface area contributed by atoms with Gasteiger partial charge >= 0.3 is 0 Å². The predicted octanol–water partition coefficient (Wildman–Crippen LogP) is 3.80. The van der Waals surface area contributed by atoms with Crippen LogP contribution in [0.3, 0.4) is 0 Å². The Morgan fingerprint density at radius 2 is 1.56 bits per heavy atom. The first kappa shape index (κ1) is 17.8. The van der Waals surface area contributed by atoms with Gasteiger partial charge in [0.05, 0.1) is 12.6 Å². The molecule has 1 aliphatic rings.